The molecule has 19 heavy (non-hydrogen) atoms. The number of nitro groups is 1. The minimum Gasteiger partial charge on any atom is -0.258 e. The summed E-state index contributed by atoms with van der Waals surface area (Å²) in [6, 6.07) is 1.31. The number of hydrogen-bond donors (Lipinski definition) is 0. The molecule has 1 aromatic heterocycles. The fourth-order valence-electron chi connectivity index (χ4n) is 1.41. The Bertz CT molecular complexity index is 550. The minimum atomic E-state index is -5.12. The van der Waals surface area contributed by atoms with E-state index in [1.807, 2.05) is 0 Å². The van der Waals surface area contributed by atoms with Gasteiger partial charge in [0.05, 0.1) is 23.0 Å². The molecule has 0 atom stereocenters. The Morgan fingerprint density at radius 3 is 2.42 bits per heavy atom. The Balaban J connectivity index is 3.69. The maximum Gasteiger partial charge on any atom is 0.424 e. The summed E-state index contributed by atoms with van der Waals surface area (Å²) in [4.78, 5) is 12.1. The second-order valence-electron chi connectivity index (χ2n) is 3.27. The van der Waals surface area contributed by atoms with Gasteiger partial charge in [-0.15, -0.1) is 0 Å². The predicted molar refractivity (Wildman–Crippen MR) is 50.2 cm³/mol. The number of nitriles is 1. The van der Waals surface area contributed by atoms with E-state index in [0.29, 0.717) is 0 Å². The first kappa shape index (κ1) is 14.7. The van der Waals surface area contributed by atoms with E-state index in [9.17, 15) is 32.1 Å². The molecule has 0 fully saturated rings. The normalized spacial score (nSPS) is 11.4. The third-order valence-electron chi connectivity index (χ3n) is 2.13. The number of hydrogen-bond acceptors (Lipinski definition) is 4. The van der Waals surface area contributed by atoms with Crippen molar-refractivity contribution in [3.63, 3.8) is 0 Å². The van der Waals surface area contributed by atoms with E-state index in [0.717, 1.165) is 0 Å². The molecule has 0 aliphatic rings. The van der Waals surface area contributed by atoms with Gasteiger partial charge in [-0.05, 0) is 0 Å². The number of pyridine rings is 1. The molecule has 1 rings (SSSR count). The number of aromatic nitrogens is 1. The SMILES string of the molecule is N#CCc1c(C(F)F)ncc(C(F)(F)F)c1[N+](=O)[O-]. The molecule has 0 amide bonds. The summed E-state index contributed by atoms with van der Waals surface area (Å²) in [5.41, 5.74) is -5.52. The quantitative estimate of drug-likeness (QED) is 0.484. The van der Waals surface area contributed by atoms with E-state index in [1.165, 1.54) is 6.07 Å². The van der Waals surface area contributed by atoms with Crippen LogP contribution in [-0.2, 0) is 12.6 Å². The van der Waals surface area contributed by atoms with E-state index in [-0.39, 0.29) is 6.20 Å². The van der Waals surface area contributed by atoms with Crippen LogP contribution in [0.5, 0.6) is 0 Å². The van der Waals surface area contributed by atoms with Crippen molar-refractivity contribution in [2.24, 2.45) is 0 Å². The summed E-state index contributed by atoms with van der Waals surface area (Å²) in [7, 11) is 0. The Morgan fingerprint density at radius 1 is 1.47 bits per heavy atom. The topological polar surface area (TPSA) is 79.8 Å². The Morgan fingerprint density at radius 2 is 2.05 bits per heavy atom. The number of halogens is 5. The standard InChI is InChI=1S/C9H4F5N3O2/c10-8(11)6-4(1-2-15)7(17(18)19)5(3-16-6)9(12,13)14/h3,8H,1H2. The number of nitrogens with zero attached hydrogens (tertiary/aromatic N) is 3. The molecule has 1 heterocycles. The molecular weight excluding hydrogens is 277 g/mol. The van der Waals surface area contributed by atoms with Gasteiger partial charge in [-0.3, -0.25) is 15.1 Å². The summed E-state index contributed by atoms with van der Waals surface area (Å²) in [5.74, 6) is 0. The molecule has 0 bridgehead atoms. The van der Waals surface area contributed by atoms with Crippen LogP contribution in [0.4, 0.5) is 27.6 Å². The molecule has 0 spiro atoms. The average molecular weight is 281 g/mol. The lowest BCUT2D eigenvalue weighted by molar-refractivity contribution is -0.388. The lowest BCUT2D eigenvalue weighted by Crippen LogP contribution is -2.14. The van der Waals surface area contributed by atoms with E-state index in [2.05, 4.69) is 4.98 Å². The Kier molecular flexibility index (Phi) is 3.98. The van der Waals surface area contributed by atoms with Crippen molar-refractivity contribution in [3.05, 3.63) is 33.1 Å². The van der Waals surface area contributed by atoms with Crippen molar-refractivity contribution >= 4 is 5.69 Å². The molecule has 0 aliphatic heterocycles. The third kappa shape index (κ3) is 2.93. The first-order valence-electron chi connectivity index (χ1n) is 4.58. The summed E-state index contributed by atoms with van der Waals surface area (Å²) >= 11 is 0. The lowest BCUT2D eigenvalue weighted by atomic mass is 10.0. The zero-order chi connectivity index (χ0) is 14.8. The van der Waals surface area contributed by atoms with Gasteiger partial charge in [0.25, 0.3) is 12.1 Å². The van der Waals surface area contributed by atoms with Crippen LogP contribution in [0.3, 0.4) is 0 Å². The smallest absolute Gasteiger partial charge is 0.258 e. The summed E-state index contributed by atoms with van der Waals surface area (Å²) in [6.45, 7) is 0. The Labute approximate surface area is 102 Å². The van der Waals surface area contributed by atoms with E-state index < -0.39 is 46.5 Å². The fourth-order valence-corrected chi connectivity index (χ4v) is 1.41. The average Bonchev–Trinajstić information content (AvgIpc) is 2.26. The monoisotopic (exact) mass is 281 g/mol. The van der Waals surface area contributed by atoms with Gasteiger partial charge in [-0.25, -0.2) is 8.78 Å². The van der Waals surface area contributed by atoms with Crippen molar-refractivity contribution in [3.8, 4) is 6.07 Å². The zero-order valence-electron chi connectivity index (χ0n) is 8.91. The molecule has 5 nitrogen and oxygen atoms in total. The first-order valence-corrected chi connectivity index (χ1v) is 4.58. The van der Waals surface area contributed by atoms with Gasteiger partial charge < -0.3 is 0 Å². The van der Waals surface area contributed by atoms with Crippen LogP contribution in [-0.4, -0.2) is 9.91 Å². The van der Waals surface area contributed by atoms with Gasteiger partial charge in [0, 0.05) is 6.20 Å². The summed E-state index contributed by atoms with van der Waals surface area (Å²) in [6.07, 6.45) is -9.43. The van der Waals surface area contributed by atoms with E-state index in [1.54, 1.807) is 0 Å². The van der Waals surface area contributed by atoms with Crippen LogP contribution in [0, 0.1) is 21.4 Å². The van der Waals surface area contributed by atoms with Gasteiger partial charge in [0.15, 0.2) is 5.56 Å². The van der Waals surface area contributed by atoms with Crippen LogP contribution in [0.25, 0.3) is 0 Å². The van der Waals surface area contributed by atoms with E-state index in [4.69, 9.17) is 5.26 Å². The second-order valence-corrected chi connectivity index (χ2v) is 3.27. The second kappa shape index (κ2) is 5.13. The molecule has 0 saturated heterocycles. The molecule has 0 radical (unpaired) electrons. The summed E-state index contributed by atoms with van der Waals surface area (Å²) < 4.78 is 62.7. The predicted octanol–water partition coefficient (Wildman–Crippen LogP) is 3.01. The highest BCUT2D eigenvalue weighted by molar-refractivity contribution is 5.51. The van der Waals surface area contributed by atoms with Crippen LogP contribution < -0.4 is 0 Å². The highest BCUT2D eigenvalue weighted by Gasteiger charge is 2.42. The maximum atomic E-state index is 12.5. The molecule has 0 aliphatic carbocycles. The van der Waals surface area contributed by atoms with Gasteiger partial charge in [0.2, 0.25) is 0 Å². The largest absolute Gasteiger partial charge is 0.424 e. The van der Waals surface area contributed by atoms with Crippen LogP contribution >= 0.6 is 0 Å². The van der Waals surface area contributed by atoms with Crippen LogP contribution in [0.15, 0.2) is 6.20 Å². The zero-order valence-corrected chi connectivity index (χ0v) is 8.91. The molecule has 0 N–H and O–H groups in total. The summed E-state index contributed by atoms with van der Waals surface area (Å²) in [5, 5.41) is 19.1. The van der Waals surface area contributed by atoms with Crippen LogP contribution in [0.2, 0.25) is 0 Å². The third-order valence-corrected chi connectivity index (χ3v) is 2.13. The van der Waals surface area contributed by atoms with Crippen molar-refractivity contribution in [2.75, 3.05) is 0 Å². The molecule has 0 saturated carbocycles. The van der Waals surface area contributed by atoms with Gasteiger partial charge in [-0.1, -0.05) is 0 Å². The maximum absolute atomic E-state index is 12.5. The molecule has 102 valence electrons. The Hall–Kier alpha value is -2.31. The highest BCUT2D eigenvalue weighted by Crippen LogP contribution is 2.40. The number of rotatable bonds is 3. The van der Waals surface area contributed by atoms with Gasteiger partial charge in [-0.2, -0.15) is 18.4 Å². The molecule has 0 unspecified atom stereocenters. The minimum absolute atomic E-state index is 0.0273. The first-order chi connectivity index (χ1) is 8.70. The highest BCUT2D eigenvalue weighted by atomic mass is 19.4. The molecule has 10 heteroatoms. The lowest BCUT2D eigenvalue weighted by Gasteiger charge is -2.11. The molecule has 1 aromatic rings. The van der Waals surface area contributed by atoms with Gasteiger partial charge >= 0.3 is 6.18 Å². The number of alkyl halides is 5. The van der Waals surface area contributed by atoms with Crippen molar-refractivity contribution < 1.29 is 26.9 Å². The fraction of sp³-hybridized carbons (Fsp3) is 0.333. The van der Waals surface area contributed by atoms with Crippen molar-refractivity contribution in [1.29, 1.82) is 5.26 Å². The molecular formula is C9H4F5N3O2. The molecule has 0 aromatic carbocycles. The van der Waals surface area contributed by atoms with Crippen molar-refractivity contribution in [1.82, 2.24) is 4.98 Å². The van der Waals surface area contributed by atoms with E-state index >= 15 is 0 Å². The van der Waals surface area contributed by atoms with Gasteiger partial charge in [0.1, 0.15) is 5.69 Å². The van der Waals surface area contributed by atoms with Crippen LogP contribution in [0.1, 0.15) is 23.2 Å². The van der Waals surface area contributed by atoms with Crippen molar-refractivity contribution in [2.45, 2.75) is 19.0 Å².